The summed E-state index contributed by atoms with van der Waals surface area (Å²) in [5, 5.41) is 14.7. The Hall–Kier alpha value is -3.08. The standard InChI is InChI=1S/C21H20N2O3/c1-2-11-26-16-9-10-20-19(13-16)17-7-4-8-18(17)21(22-20)14-5-3-6-15(12-14)23(24)25/h2-7,9-10,12-13,17-18,21-22H,1,8,11H2. The maximum atomic E-state index is 11.1. The van der Waals surface area contributed by atoms with Crippen molar-refractivity contribution in [3.63, 3.8) is 0 Å². The van der Waals surface area contributed by atoms with Crippen molar-refractivity contribution in [3.8, 4) is 5.75 Å². The van der Waals surface area contributed by atoms with E-state index in [4.69, 9.17) is 4.74 Å². The molecule has 5 heteroatoms. The maximum absolute atomic E-state index is 11.1. The van der Waals surface area contributed by atoms with Gasteiger partial charge in [-0.2, -0.15) is 0 Å². The van der Waals surface area contributed by atoms with Crippen LogP contribution in [0.1, 0.15) is 29.5 Å². The van der Waals surface area contributed by atoms with Crippen molar-refractivity contribution in [3.05, 3.63) is 88.5 Å². The molecule has 0 spiro atoms. The van der Waals surface area contributed by atoms with Gasteiger partial charge in [-0.15, -0.1) is 0 Å². The Morgan fingerprint density at radius 1 is 1.31 bits per heavy atom. The molecule has 2 aromatic carbocycles. The summed E-state index contributed by atoms with van der Waals surface area (Å²) in [4.78, 5) is 10.8. The molecule has 2 aromatic rings. The number of nitrogens with zero attached hydrogens (tertiary/aromatic N) is 1. The summed E-state index contributed by atoms with van der Waals surface area (Å²) in [6.07, 6.45) is 7.12. The molecule has 0 fully saturated rings. The molecule has 0 saturated carbocycles. The van der Waals surface area contributed by atoms with Crippen molar-refractivity contribution in [2.45, 2.75) is 18.4 Å². The second-order valence-electron chi connectivity index (χ2n) is 6.68. The Morgan fingerprint density at radius 2 is 2.19 bits per heavy atom. The Labute approximate surface area is 152 Å². The van der Waals surface area contributed by atoms with Crippen LogP contribution in [0, 0.1) is 16.0 Å². The van der Waals surface area contributed by atoms with Crippen molar-refractivity contribution in [2.24, 2.45) is 5.92 Å². The SMILES string of the molecule is C=CCOc1ccc2c(c1)C1C=CCC1C(c1cccc([N+](=O)[O-])c1)N2. The van der Waals surface area contributed by atoms with Gasteiger partial charge in [-0.1, -0.05) is 36.9 Å². The van der Waals surface area contributed by atoms with Gasteiger partial charge in [0.1, 0.15) is 12.4 Å². The van der Waals surface area contributed by atoms with Crippen molar-refractivity contribution in [1.29, 1.82) is 0 Å². The molecular weight excluding hydrogens is 328 g/mol. The fraction of sp³-hybridized carbons (Fsp3) is 0.238. The number of nitrogens with one attached hydrogen (secondary N) is 1. The molecule has 1 aliphatic carbocycles. The predicted octanol–water partition coefficient (Wildman–Crippen LogP) is 4.99. The summed E-state index contributed by atoms with van der Waals surface area (Å²) in [5.41, 5.74) is 3.36. The van der Waals surface area contributed by atoms with Crippen molar-refractivity contribution in [1.82, 2.24) is 0 Å². The number of anilines is 1. The summed E-state index contributed by atoms with van der Waals surface area (Å²) in [5.74, 6) is 1.44. The monoisotopic (exact) mass is 348 g/mol. The van der Waals surface area contributed by atoms with Crippen LogP contribution in [0.3, 0.4) is 0 Å². The summed E-state index contributed by atoms with van der Waals surface area (Å²) in [7, 11) is 0. The van der Waals surface area contributed by atoms with E-state index < -0.39 is 0 Å². The number of ether oxygens (including phenoxy) is 1. The highest BCUT2D eigenvalue weighted by Crippen LogP contribution is 2.50. The van der Waals surface area contributed by atoms with Crippen LogP contribution in [-0.2, 0) is 0 Å². The Balaban J connectivity index is 1.70. The summed E-state index contributed by atoms with van der Waals surface area (Å²) >= 11 is 0. The number of rotatable bonds is 5. The fourth-order valence-corrected chi connectivity index (χ4v) is 3.98. The molecule has 2 aliphatic rings. The van der Waals surface area contributed by atoms with E-state index in [-0.39, 0.29) is 22.6 Å². The maximum Gasteiger partial charge on any atom is 0.269 e. The van der Waals surface area contributed by atoms with E-state index in [1.165, 1.54) is 11.6 Å². The highest BCUT2D eigenvalue weighted by molar-refractivity contribution is 5.62. The van der Waals surface area contributed by atoms with Crippen LogP contribution in [-0.4, -0.2) is 11.5 Å². The molecule has 5 nitrogen and oxygen atoms in total. The molecule has 132 valence electrons. The van der Waals surface area contributed by atoms with Crippen LogP contribution in [0.4, 0.5) is 11.4 Å². The van der Waals surface area contributed by atoms with Gasteiger partial charge >= 0.3 is 0 Å². The molecule has 3 unspecified atom stereocenters. The van der Waals surface area contributed by atoms with Gasteiger partial charge in [-0.3, -0.25) is 10.1 Å². The lowest BCUT2D eigenvalue weighted by atomic mass is 9.77. The molecule has 0 saturated heterocycles. The van der Waals surface area contributed by atoms with E-state index in [9.17, 15) is 10.1 Å². The van der Waals surface area contributed by atoms with E-state index in [1.807, 2.05) is 18.2 Å². The third-order valence-electron chi connectivity index (χ3n) is 5.14. The quantitative estimate of drug-likeness (QED) is 0.470. The molecule has 26 heavy (non-hydrogen) atoms. The number of nitro benzene ring substituents is 1. The number of allylic oxidation sites excluding steroid dienone is 2. The van der Waals surface area contributed by atoms with E-state index in [1.54, 1.807) is 18.2 Å². The van der Waals surface area contributed by atoms with Crippen molar-refractivity contribution >= 4 is 11.4 Å². The molecule has 1 heterocycles. The predicted molar refractivity (Wildman–Crippen MR) is 102 cm³/mol. The zero-order valence-electron chi connectivity index (χ0n) is 14.3. The number of fused-ring (bicyclic) bond motifs is 3. The van der Waals surface area contributed by atoms with Gasteiger partial charge in [-0.05, 0) is 41.7 Å². The van der Waals surface area contributed by atoms with E-state index in [2.05, 4.69) is 30.1 Å². The van der Waals surface area contributed by atoms with Crippen molar-refractivity contribution in [2.75, 3.05) is 11.9 Å². The van der Waals surface area contributed by atoms with E-state index in [0.29, 0.717) is 12.5 Å². The van der Waals surface area contributed by atoms with Gasteiger partial charge < -0.3 is 10.1 Å². The van der Waals surface area contributed by atoms with Gasteiger partial charge in [0.15, 0.2) is 0 Å². The third kappa shape index (κ3) is 2.86. The van der Waals surface area contributed by atoms with Crippen LogP contribution in [0.15, 0.2) is 67.3 Å². The number of benzene rings is 2. The average molecular weight is 348 g/mol. The Kier molecular flexibility index (Phi) is 4.21. The number of nitro groups is 1. The Morgan fingerprint density at radius 3 is 3.00 bits per heavy atom. The van der Waals surface area contributed by atoms with Crippen LogP contribution < -0.4 is 10.1 Å². The lowest BCUT2D eigenvalue weighted by Gasteiger charge is -2.37. The van der Waals surface area contributed by atoms with Gasteiger partial charge in [-0.25, -0.2) is 0 Å². The minimum atomic E-state index is -0.339. The fourth-order valence-electron chi connectivity index (χ4n) is 3.98. The van der Waals surface area contributed by atoms with Crippen LogP contribution in [0.25, 0.3) is 0 Å². The van der Waals surface area contributed by atoms with Gasteiger partial charge in [0.05, 0.1) is 11.0 Å². The molecule has 0 aromatic heterocycles. The minimum absolute atomic E-state index is 0.0438. The van der Waals surface area contributed by atoms with Crippen molar-refractivity contribution < 1.29 is 9.66 Å². The molecular formula is C21H20N2O3. The third-order valence-corrected chi connectivity index (χ3v) is 5.14. The first-order valence-electron chi connectivity index (χ1n) is 8.72. The van der Waals surface area contributed by atoms with Crippen LogP contribution in [0.2, 0.25) is 0 Å². The molecule has 1 aliphatic heterocycles. The topological polar surface area (TPSA) is 64.4 Å². The van der Waals surface area contributed by atoms with Gasteiger partial charge in [0, 0.05) is 23.7 Å². The lowest BCUT2D eigenvalue weighted by Crippen LogP contribution is -2.29. The molecule has 4 rings (SSSR count). The highest BCUT2D eigenvalue weighted by Gasteiger charge is 2.38. The van der Waals surface area contributed by atoms with Gasteiger partial charge in [0.25, 0.3) is 5.69 Å². The largest absolute Gasteiger partial charge is 0.490 e. The molecule has 1 N–H and O–H groups in total. The number of non-ortho nitro benzene ring substituents is 1. The summed E-state index contributed by atoms with van der Waals surface area (Å²) in [6, 6.07) is 13.0. The minimum Gasteiger partial charge on any atom is -0.490 e. The zero-order chi connectivity index (χ0) is 18.1. The molecule has 0 amide bonds. The Bertz CT molecular complexity index is 891. The lowest BCUT2D eigenvalue weighted by molar-refractivity contribution is -0.384. The summed E-state index contributed by atoms with van der Waals surface area (Å²) < 4.78 is 5.68. The highest BCUT2D eigenvalue weighted by atomic mass is 16.6. The summed E-state index contributed by atoms with van der Waals surface area (Å²) in [6.45, 7) is 4.16. The molecule has 0 bridgehead atoms. The van der Waals surface area contributed by atoms with Gasteiger partial charge in [0.2, 0.25) is 0 Å². The second-order valence-corrected chi connectivity index (χ2v) is 6.68. The zero-order valence-corrected chi connectivity index (χ0v) is 14.3. The smallest absolute Gasteiger partial charge is 0.269 e. The first-order valence-corrected chi connectivity index (χ1v) is 8.72. The van der Waals surface area contributed by atoms with E-state index >= 15 is 0 Å². The van der Waals surface area contributed by atoms with E-state index in [0.717, 1.165) is 23.4 Å². The average Bonchev–Trinajstić information content (AvgIpc) is 3.16. The molecule has 3 atom stereocenters. The number of hydrogen-bond acceptors (Lipinski definition) is 4. The number of hydrogen-bond donors (Lipinski definition) is 1. The first kappa shape index (κ1) is 16.4. The second kappa shape index (κ2) is 6.67. The van der Waals surface area contributed by atoms with Crippen LogP contribution in [0.5, 0.6) is 5.75 Å². The first-order chi connectivity index (χ1) is 12.7. The molecule has 0 radical (unpaired) electrons. The normalized spacial score (nSPS) is 22.8. The van der Waals surface area contributed by atoms with Crippen LogP contribution >= 0.6 is 0 Å².